The monoisotopic (exact) mass is 258 g/mol. The van der Waals surface area contributed by atoms with E-state index < -0.39 is 18.9 Å². The van der Waals surface area contributed by atoms with Gasteiger partial charge in [0.25, 0.3) is 6.43 Å². The summed E-state index contributed by atoms with van der Waals surface area (Å²) in [6.45, 7) is -0.800. The van der Waals surface area contributed by atoms with Crippen molar-refractivity contribution in [3.63, 3.8) is 0 Å². The van der Waals surface area contributed by atoms with Crippen LogP contribution in [-0.4, -0.2) is 35.3 Å². The number of ether oxygens (including phenoxy) is 1. The van der Waals surface area contributed by atoms with E-state index in [9.17, 15) is 13.6 Å². The number of carbonyl (C=O) groups excluding carboxylic acids is 1. The van der Waals surface area contributed by atoms with Crippen LogP contribution in [0.2, 0.25) is 0 Å². The lowest BCUT2D eigenvalue weighted by Crippen LogP contribution is -2.16. The minimum Gasteiger partial charge on any atom is -0.375 e. The summed E-state index contributed by atoms with van der Waals surface area (Å²) in [7, 11) is 1.61. The Morgan fingerprint density at radius 1 is 1.72 bits per heavy atom. The van der Waals surface area contributed by atoms with E-state index in [2.05, 4.69) is 15.2 Å². The number of halogens is 2. The summed E-state index contributed by atoms with van der Waals surface area (Å²) in [6, 6.07) is 1.88. The topological polar surface area (TPSA) is 79.9 Å². The Bertz CT molecular complexity index is 453. The van der Waals surface area contributed by atoms with Gasteiger partial charge in [0, 0.05) is 13.2 Å². The molecule has 0 saturated heterocycles. The van der Waals surface area contributed by atoms with Crippen molar-refractivity contribution >= 4 is 11.7 Å². The molecule has 1 aromatic heterocycles. The zero-order valence-corrected chi connectivity index (χ0v) is 9.69. The fourth-order valence-corrected chi connectivity index (χ4v) is 1.19. The van der Waals surface area contributed by atoms with Gasteiger partial charge in [-0.3, -0.25) is 9.48 Å². The summed E-state index contributed by atoms with van der Waals surface area (Å²) >= 11 is 0. The van der Waals surface area contributed by atoms with Crippen LogP contribution < -0.4 is 5.32 Å². The molecule has 0 aliphatic rings. The lowest BCUT2D eigenvalue weighted by molar-refractivity contribution is -0.117. The van der Waals surface area contributed by atoms with E-state index in [1.807, 2.05) is 6.07 Å². The predicted octanol–water partition coefficient (Wildman–Crippen LogP) is 0.902. The molecule has 0 aliphatic carbocycles. The highest BCUT2D eigenvalue weighted by Crippen LogP contribution is 2.10. The van der Waals surface area contributed by atoms with Gasteiger partial charge >= 0.3 is 0 Å². The second kappa shape index (κ2) is 6.66. The Morgan fingerprint density at radius 2 is 2.44 bits per heavy atom. The quantitative estimate of drug-likeness (QED) is 0.769. The van der Waals surface area contributed by atoms with Crippen LogP contribution in [0.4, 0.5) is 14.6 Å². The smallest absolute Gasteiger partial charge is 0.261 e. The summed E-state index contributed by atoms with van der Waals surface area (Å²) in [5.74, 6) is -0.293. The maximum atomic E-state index is 11.7. The molecule has 0 aliphatic heterocycles. The van der Waals surface area contributed by atoms with Crippen molar-refractivity contribution in [2.24, 2.45) is 7.05 Å². The molecule has 0 fully saturated rings. The van der Waals surface area contributed by atoms with E-state index >= 15 is 0 Å². The van der Waals surface area contributed by atoms with Crippen molar-refractivity contribution in [1.82, 2.24) is 9.78 Å². The standard InChI is InChI=1S/C10H12F2N4O2/c1-16-5-7(4-13)10(15-16)14-9(17)2-3-18-6-8(11)12/h5,8H,2-3,6H2,1H3,(H,14,15,17). The second-order valence-electron chi connectivity index (χ2n) is 3.44. The van der Waals surface area contributed by atoms with Crippen molar-refractivity contribution in [2.45, 2.75) is 12.8 Å². The lowest BCUT2D eigenvalue weighted by atomic mass is 10.3. The summed E-state index contributed by atoms with van der Waals surface area (Å²) in [4.78, 5) is 11.4. The molecule has 0 spiro atoms. The van der Waals surface area contributed by atoms with Gasteiger partial charge in [-0.25, -0.2) is 8.78 Å². The lowest BCUT2D eigenvalue weighted by Gasteiger charge is -2.03. The highest BCUT2D eigenvalue weighted by Gasteiger charge is 2.11. The van der Waals surface area contributed by atoms with Crippen molar-refractivity contribution < 1.29 is 18.3 Å². The van der Waals surface area contributed by atoms with E-state index in [-0.39, 0.29) is 24.4 Å². The number of amides is 1. The molecule has 6 nitrogen and oxygen atoms in total. The molecule has 18 heavy (non-hydrogen) atoms. The molecule has 1 amide bonds. The van der Waals surface area contributed by atoms with Crippen LogP contribution in [0.1, 0.15) is 12.0 Å². The van der Waals surface area contributed by atoms with E-state index in [4.69, 9.17) is 5.26 Å². The molecule has 0 aromatic carbocycles. The zero-order chi connectivity index (χ0) is 13.5. The number of hydrogen-bond acceptors (Lipinski definition) is 4. The molecule has 0 radical (unpaired) electrons. The van der Waals surface area contributed by atoms with Gasteiger partial charge in [-0.15, -0.1) is 0 Å². The molecule has 0 bridgehead atoms. The third-order valence-electron chi connectivity index (χ3n) is 1.92. The van der Waals surface area contributed by atoms with Crippen LogP contribution in [-0.2, 0) is 16.6 Å². The van der Waals surface area contributed by atoms with Gasteiger partial charge in [-0.1, -0.05) is 0 Å². The average molecular weight is 258 g/mol. The number of nitrogens with one attached hydrogen (secondary N) is 1. The number of aryl methyl sites for hydroxylation is 1. The molecule has 1 rings (SSSR count). The highest BCUT2D eigenvalue weighted by molar-refractivity contribution is 5.90. The van der Waals surface area contributed by atoms with Gasteiger partial charge in [0.1, 0.15) is 18.2 Å². The number of nitrogens with zero attached hydrogens (tertiary/aromatic N) is 3. The Hall–Kier alpha value is -2.01. The molecule has 98 valence electrons. The summed E-state index contributed by atoms with van der Waals surface area (Å²) < 4.78 is 29.4. The van der Waals surface area contributed by atoms with Gasteiger partial charge in [-0.2, -0.15) is 10.4 Å². The van der Waals surface area contributed by atoms with E-state index in [0.717, 1.165) is 0 Å². The van der Waals surface area contributed by atoms with Gasteiger partial charge in [0.15, 0.2) is 5.82 Å². The van der Waals surface area contributed by atoms with E-state index in [1.165, 1.54) is 10.9 Å². The van der Waals surface area contributed by atoms with Gasteiger partial charge in [0.05, 0.1) is 13.0 Å². The number of aromatic nitrogens is 2. The number of rotatable bonds is 6. The van der Waals surface area contributed by atoms with Crippen LogP contribution in [0.15, 0.2) is 6.20 Å². The summed E-state index contributed by atoms with van der Waals surface area (Å²) in [5.41, 5.74) is 0.236. The SMILES string of the molecule is Cn1cc(C#N)c(NC(=O)CCOCC(F)F)n1. The Balaban J connectivity index is 2.38. The molecule has 0 unspecified atom stereocenters. The zero-order valence-electron chi connectivity index (χ0n) is 9.69. The Kier molecular flexibility index (Phi) is 5.20. The fourth-order valence-electron chi connectivity index (χ4n) is 1.19. The Labute approximate surface area is 102 Å². The number of anilines is 1. The molecule has 1 heterocycles. The number of nitriles is 1. The average Bonchev–Trinajstić information content (AvgIpc) is 2.64. The third kappa shape index (κ3) is 4.47. The molecular weight excluding hydrogens is 246 g/mol. The van der Waals surface area contributed by atoms with Gasteiger partial charge in [0.2, 0.25) is 5.91 Å². The number of hydrogen-bond donors (Lipinski definition) is 1. The van der Waals surface area contributed by atoms with E-state index in [0.29, 0.717) is 0 Å². The molecule has 0 saturated carbocycles. The number of alkyl halides is 2. The minimum absolute atomic E-state index is 0.0752. The first-order chi connectivity index (χ1) is 8.52. The van der Waals surface area contributed by atoms with Crippen LogP contribution in [0.3, 0.4) is 0 Å². The van der Waals surface area contributed by atoms with E-state index in [1.54, 1.807) is 7.05 Å². The molecule has 1 aromatic rings. The molecular formula is C10H12F2N4O2. The maximum Gasteiger partial charge on any atom is 0.261 e. The molecule has 0 atom stereocenters. The summed E-state index contributed by atoms with van der Waals surface area (Å²) in [5, 5.41) is 15.0. The van der Waals surface area contributed by atoms with Gasteiger partial charge < -0.3 is 10.1 Å². The van der Waals surface area contributed by atoms with Crippen molar-refractivity contribution in [2.75, 3.05) is 18.5 Å². The molecule has 1 N–H and O–H groups in total. The molecule has 8 heteroatoms. The van der Waals surface area contributed by atoms with Crippen molar-refractivity contribution in [3.05, 3.63) is 11.8 Å². The minimum atomic E-state index is -2.55. The maximum absolute atomic E-state index is 11.7. The predicted molar refractivity (Wildman–Crippen MR) is 58.0 cm³/mol. The van der Waals surface area contributed by atoms with Gasteiger partial charge in [-0.05, 0) is 0 Å². The highest BCUT2D eigenvalue weighted by atomic mass is 19.3. The first kappa shape index (κ1) is 14.1. The second-order valence-corrected chi connectivity index (χ2v) is 3.44. The Morgan fingerprint density at radius 3 is 3.06 bits per heavy atom. The first-order valence-electron chi connectivity index (χ1n) is 5.12. The fraction of sp³-hybridized carbons (Fsp3) is 0.500. The van der Waals surface area contributed by atoms with Crippen LogP contribution in [0, 0.1) is 11.3 Å². The number of carbonyl (C=O) groups is 1. The van der Waals surface area contributed by atoms with Crippen LogP contribution in [0.5, 0.6) is 0 Å². The van der Waals surface area contributed by atoms with Crippen LogP contribution >= 0.6 is 0 Å². The largest absolute Gasteiger partial charge is 0.375 e. The van der Waals surface area contributed by atoms with Crippen molar-refractivity contribution in [1.29, 1.82) is 5.26 Å². The summed E-state index contributed by atoms with van der Waals surface area (Å²) in [6.07, 6.45) is -1.16. The third-order valence-corrected chi connectivity index (χ3v) is 1.92. The first-order valence-corrected chi connectivity index (χ1v) is 5.12. The van der Waals surface area contributed by atoms with Crippen molar-refractivity contribution in [3.8, 4) is 6.07 Å². The normalized spacial score (nSPS) is 10.4. The van der Waals surface area contributed by atoms with Crippen LogP contribution in [0.25, 0.3) is 0 Å².